The first-order valence-electron chi connectivity index (χ1n) is 6.99. The first kappa shape index (κ1) is 13.9. The molecule has 106 valence electrons. The van der Waals surface area contributed by atoms with Crippen LogP contribution in [-0.4, -0.2) is 5.78 Å². The number of carbonyl (C=O) groups is 1. The standard InChI is InChI=1S/C19H14N2O/c22-19(15-7-3-1-4-8-15)16-11-13-18(14-12-16)21-20-17-9-5-2-6-10-17/h1-14H/b21-20+. The first-order valence-corrected chi connectivity index (χ1v) is 6.99. The van der Waals surface area contributed by atoms with Crippen LogP contribution in [0.2, 0.25) is 0 Å². The summed E-state index contributed by atoms with van der Waals surface area (Å²) >= 11 is 0. The molecular weight excluding hydrogens is 272 g/mol. The first-order chi connectivity index (χ1) is 10.8. The van der Waals surface area contributed by atoms with Crippen LogP contribution in [-0.2, 0) is 0 Å². The Kier molecular flexibility index (Phi) is 4.16. The average Bonchev–Trinajstić information content (AvgIpc) is 2.61. The van der Waals surface area contributed by atoms with Gasteiger partial charge in [-0.15, -0.1) is 0 Å². The number of azo groups is 1. The Balaban J connectivity index is 1.76. The molecule has 0 amide bonds. The van der Waals surface area contributed by atoms with Crippen LogP contribution in [0.5, 0.6) is 0 Å². The van der Waals surface area contributed by atoms with E-state index in [1.54, 1.807) is 24.3 Å². The highest BCUT2D eigenvalue weighted by molar-refractivity contribution is 6.09. The van der Waals surface area contributed by atoms with E-state index in [1.807, 2.05) is 60.7 Å². The molecule has 0 atom stereocenters. The predicted molar refractivity (Wildman–Crippen MR) is 86.9 cm³/mol. The molecule has 3 aromatic rings. The van der Waals surface area contributed by atoms with Gasteiger partial charge in [0.25, 0.3) is 0 Å². The number of nitrogens with zero attached hydrogens (tertiary/aromatic N) is 2. The second-order valence-electron chi connectivity index (χ2n) is 4.78. The van der Waals surface area contributed by atoms with E-state index in [1.165, 1.54) is 0 Å². The summed E-state index contributed by atoms with van der Waals surface area (Å²) in [5.41, 5.74) is 2.84. The van der Waals surface area contributed by atoms with Gasteiger partial charge < -0.3 is 0 Å². The summed E-state index contributed by atoms with van der Waals surface area (Å²) in [5, 5.41) is 8.31. The molecule has 0 N–H and O–H groups in total. The average molecular weight is 286 g/mol. The summed E-state index contributed by atoms with van der Waals surface area (Å²) in [6, 6.07) is 25.9. The van der Waals surface area contributed by atoms with Crippen molar-refractivity contribution in [1.82, 2.24) is 0 Å². The molecule has 3 aromatic carbocycles. The lowest BCUT2D eigenvalue weighted by Crippen LogP contribution is -1.99. The van der Waals surface area contributed by atoms with E-state index in [0.29, 0.717) is 16.8 Å². The van der Waals surface area contributed by atoms with Crippen molar-refractivity contribution >= 4 is 17.2 Å². The monoisotopic (exact) mass is 286 g/mol. The predicted octanol–water partition coefficient (Wildman–Crippen LogP) is 5.33. The van der Waals surface area contributed by atoms with Gasteiger partial charge in [-0.1, -0.05) is 48.5 Å². The van der Waals surface area contributed by atoms with Gasteiger partial charge in [0.2, 0.25) is 0 Å². The highest BCUT2D eigenvalue weighted by Crippen LogP contribution is 2.19. The van der Waals surface area contributed by atoms with Crippen LogP contribution in [0.1, 0.15) is 15.9 Å². The van der Waals surface area contributed by atoms with E-state index in [-0.39, 0.29) is 5.78 Å². The summed E-state index contributed by atoms with van der Waals surface area (Å²) in [7, 11) is 0. The fraction of sp³-hybridized carbons (Fsp3) is 0. The van der Waals surface area contributed by atoms with Crippen LogP contribution in [0.4, 0.5) is 11.4 Å². The van der Waals surface area contributed by atoms with E-state index in [0.717, 1.165) is 5.69 Å². The van der Waals surface area contributed by atoms with Crippen LogP contribution in [0.3, 0.4) is 0 Å². The van der Waals surface area contributed by atoms with Gasteiger partial charge in [-0.05, 0) is 36.4 Å². The van der Waals surface area contributed by atoms with Crippen LogP contribution < -0.4 is 0 Å². The fourth-order valence-electron chi connectivity index (χ4n) is 2.05. The maximum absolute atomic E-state index is 12.3. The molecule has 0 heterocycles. The smallest absolute Gasteiger partial charge is 0.193 e. The minimum Gasteiger partial charge on any atom is -0.289 e. The van der Waals surface area contributed by atoms with Crippen LogP contribution in [0, 0.1) is 0 Å². The second kappa shape index (κ2) is 6.59. The molecule has 0 aromatic heterocycles. The van der Waals surface area contributed by atoms with E-state index in [9.17, 15) is 4.79 Å². The zero-order valence-electron chi connectivity index (χ0n) is 11.9. The number of rotatable bonds is 4. The summed E-state index contributed by atoms with van der Waals surface area (Å²) in [6.45, 7) is 0. The highest BCUT2D eigenvalue weighted by Gasteiger charge is 2.07. The quantitative estimate of drug-likeness (QED) is 0.472. The molecule has 0 aliphatic carbocycles. The molecule has 0 fully saturated rings. The highest BCUT2D eigenvalue weighted by atomic mass is 16.1. The van der Waals surface area contributed by atoms with Crippen molar-refractivity contribution in [2.24, 2.45) is 10.2 Å². The molecule has 0 radical (unpaired) electrons. The number of carbonyl (C=O) groups excluding carboxylic acids is 1. The van der Waals surface area contributed by atoms with Crippen molar-refractivity contribution in [1.29, 1.82) is 0 Å². The summed E-state index contributed by atoms with van der Waals surface area (Å²) < 4.78 is 0. The third kappa shape index (κ3) is 3.33. The van der Waals surface area contributed by atoms with E-state index in [4.69, 9.17) is 0 Å². The van der Waals surface area contributed by atoms with Crippen molar-refractivity contribution in [2.45, 2.75) is 0 Å². The Bertz CT molecular complexity index is 779. The second-order valence-corrected chi connectivity index (χ2v) is 4.78. The summed E-state index contributed by atoms with van der Waals surface area (Å²) in [5.74, 6) is 0.00662. The molecule has 0 saturated heterocycles. The lowest BCUT2D eigenvalue weighted by Gasteiger charge is -2.01. The van der Waals surface area contributed by atoms with Crippen LogP contribution >= 0.6 is 0 Å². The number of ketones is 1. The molecular formula is C19H14N2O. The maximum Gasteiger partial charge on any atom is 0.193 e. The zero-order valence-corrected chi connectivity index (χ0v) is 11.9. The van der Waals surface area contributed by atoms with Crippen molar-refractivity contribution in [3.8, 4) is 0 Å². The Morgan fingerprint density at radius 2 is 1.00 bits per heavy atom. The van der Waals surface area contributed by atoms with Crippen molar-refractivity contribution in [3.05, 3.63) is 96.1 Å². The molecule has 0 unspecified atom stereocenters. The molecule has 22 heavy (non-hydrogen) atoms. The van der Waals surface area contributed by atoms with Crippen molar-refractivity contribution in [2.75, 3.05) is 0 Å². The lowest BCUT2D eigenvalue weighted by molar-refractivity contribution is 0.103. The molecule has 0 bridgehead atoms. The molecule has 3 heteroatoms. The van der Waals surface area contributed by atoms with Crippen molar-refractivity contribution in [3.63, 3.8) is 0 Å². The molecule has 3 nitrogen and oxygen atoms in total. The summed E-state index contributed by atoms with van der Waals surface area (Å²) in [6.07, 6.45) is 0. The third-order valence-corrected chi connectivity index (χ3v) is 3.20. The van der Waals surface area contributed by atoms with Crippen molar-refractivity contribution < 1.29 is 4.79 Å². The normalized spacial score (nSPS) is 10.7. The van der Waals surface area contributed by atoms with Gasteiger partial charge in [-0.2, -0.15) is 10.2 Å². The maximum atomic E-state index is 12.3. The molecule has 0 saturated carbocycles. The molecule has 0 aliphatic heterocycles. The fourth-order valence-corrected chi connectivity index (χ4v) is 2.05. The van der Waals surface area contributed by atoms with Gasteiger partial charge in [-0.25, -0.2) is 0 Å². The number of hydrogen-bond donors (Lipinski definition) is 0. The number of benzene rings is 3. The SMILES string of the molecule is O=C(c1ccccc1)c1ccc(/N=N/c2ccccc2)cc1. The molecule has 3 rings (SSSR count). The minimum absolute atomic E-state index is 0.00662. The van der Waals surface area contributed by atoms with Gasteiger partial charge in [-0.3, -0.25) is 4.79 Å². The van der Waals surface area contributed by atoms with Gasteiger partial charge in [0.15, 0.2) is 5.78 Å². The topological polar surface area (TPSA) is 41.8 Å². The largest absolute Gasteiger partial charge is 0.289 e. The van der Waals surface area contributed by atoms with Crippen LogP contribution in [0.15, 0.2) is 95.2 Å². The van der Waals surface area contributed by atoms with E-state index in [2.05, 4.69) is 10.2 Å². The van der Waals surface area contributed by atoms with Gasteiger partial charge in [0, 0.05) is 11.1 Å². The van der Waals surface area contributed by atoms with E-state index >= 15 is 0 Å². The van der Waals surface area contributed by atoms with E-state index < -0.39 is 0 Å². The van der Waals surface area contributed by atoms with Gasteiger partial charge >= 0.3 is 0 Å². The van der Waals surface area contributed by atoms with Gasteiger partial charge in [0.1, 0.15) is 0 Å². The summed E-state index contributed by atoms with van der Waals surface area (Å²) in [4.78, 5) is 12.3. The van der Waals surface area contributed by atoms with Crippen LogP contribution in [0.25, 0.3) is 0 Å². The Morgan fingerprint density at radius 3 is 1.59 bits per heavy atom. The third-order valence-electron chi connectivity index (χ3n) is 3.20. The Hall–Kier alpha value is -3.07. The lowest BCUT2D eigenvalue weighted by atomic mass is 10.0. The Morgan fingerprint density at radius 1 is 0.545 bits per heavy atom. The zero-order chi connectivity index (χ0) is 15.2. The number of hydrogen-bond acceptors (Lipinski definition) is 3. The molecule has 0 spiro atoms. The van der Waals surface area contributed by atoms with Gasteiger partial charge in [0.05, 0.1) is 11.4 Å². The molecule has 0 aliphatic rings. The minimum atomic E-state index is 0.00662. The Labute approximate surface area is 129 Å².